The van der Waals surface area contributed by atoms with Crippen LogP contribution in [0, 0.1) is 5.92 Å². The Hall–Kier alpha value is -1.56. The van der Waals surface area contributed by atoms with Gasteiger partial charge in [0.25, 0.3) is 5.91 Å². The van der Waals surface area contributed by atoms with Gasteiger partial charge in [0, 0.05) is 6.54 Å². The fourth-order valence-corrected chi connectivity index (χ4v) is 1.81. The topological polar surface area (TPSA) is 75.6 Å². The third-order valence-corrected chi connectivity index (χ3v) is 2.94. The van der Waals surface area contributed by atoms with Gasteiger partial charge in [-0.05, 0) is 11.4 Å². The quantitative estimate of drug-likeness (QED) is 0.815. The van der Waals surface area contributed by atoms with E-state index in [2.05, 4.69) is 5.32 Å². The van der Waals surface area contributed by atoms with Crippen LogP contribution >= 0.6 is 11.3 Å². The predicted octanol–water partition coefficient (Wildman–Crippen LogP) is 1.21. The Kier molecular flexibility index (Phi) is 4.30. The zero-order valence-corrected chi connectivity index (χ0v) is 9.84. The van der Waals surface area contributed by atoms with E-state index in [4.69, 9.17) is 9.84 Å². The summed E-state index contributed by atoms with van der Waals surface area (Å²) in [5.41, 5.74) is 0. The van der Waals surface area contributed by atoms with Gasteiger partial charge in [-0.15, -0.1) is 11.3 Å². The number of carbonyl (C=O) groups excluding carboxylic acids is 1. The Labute approximate surface area is 97.0 Å². The van der Waals surface area contributed by atoms with Crippen LogP contribution in [0.5, 0.6) is 5.75 Å². The van der Waals surface area contributed by atoms with Crippen molar-refractivity contribution in [3.05, 3.63) is 16.3 Å². The summed E-state index contributed by atoms with van der Waals surface area (Å²) in [5, 5.41) is 12.9. The summed E-state index contributed by atoms with van der Waals surface area (Å²) < 4.78 is 4.99. The van der Waals surface area contributed by atoms with Crippen molar-refractivity contribution in [3.63, 3.8) is 0 Å². The molecule has 5 nitrogen and oxygen atoms in total. The first-order valence-electron chi connectivity index (χ1n) is 4.68. The van der Waals surface area contributed by atoms with Crippen molar-refractivity contribution in [2.45, 2.75) is 6.92 Å². The molecular formula is C10H13NO4S. The van der Waals surface area contributed by atoms with E-state index < -0.39 is 11.9 Å². The highest BCUT2D eigenvalue weighted by Gasteiger charge is 2.16. The number of hydrogen-bond acceptors (Lipinski definition) is 4. The summed E-state index contributed by atoms with van der Waals surface area (Å²) in [6, 6.07) is 1.69. The standard InChI is InChI=1S/C10H13NO4S/c1-6(10(13)14)5-11-9(12)8-7(15-2)3-4-16-8/h3-4,6H,5H2,1-2H3,(H,11,12)(H,13,14). The van der Waals surface area contributed by atoms with E-state index in [-0.39, 0.29) is 12.5 Å². The SMILES string of the molecule is COc1ccsc1C(=O)NCC(C)C(=O)O. The lowest BCUT2D eigenvalue weighted by Crippen LogP contribution is -2.31. The minimum Gasteiger partial charge on any atom is -0.495 e. The highest BCUT2D eigenvalue weighted by molar-refractivity contribution is 7.12. The van der Waals surface area contributed by atoms with Crippen LogP contribution in [0.3, 0.4) is 0 Å². The number of nitrogens with one attached hydrogen (secondary N) is 1. The zero-order chi connectivity index (χ0) is 12.1. The number of thiophene rings is 1. The van der Waals surface area contributed by atoms with E-state index in [1.165, 1.54) is 25.4 Å². The fraction of sp³-hybridized carbons (Fsp3) is 0.400. The van der Waals surface area contributed by atoms with E-state index in [1.807, 2.05) is 0 Å². The molecule has 0 radical (unpaired) electrons. The van der Waals surface area contributed by atoms with Crippen LogP contribution in [0.15, 0.2) is 11.4 Å². The largest absolute Gasteiger partial charge is 0.495 e. The van der Waals surface area contributed by atoms with Crippen LogP contribution in [0.4, 0.5) is 0 Å². The highest BCUT2D eigenvalue weighted by Crippen LogP contribution is 2.23. The minimum atomic E-state index is -0.932. The molecule has 1 aromatic heterocycles. The number of carbonyl (C=O) groups is 2. The predicted molar refractivity (Wildman–Crippen MR) is 60.0 cm³/mol. The van der Waals surface area contributed by atoms with Crippen LogP contribution < -0.4 is 10.1 Å². The fourth-order valence-electron chi connectivity index (χ4n) is 1.04. The van der Waals surface area contributed by atoms with Crippen molar-refractivity contribution in [2.75, 3.05) is 13.7 Å². The van der Waals surface area contributed by atoms with Gasteiger partial charge in [-0.25, -0.2) is 0 Å². The van der Waals surface area contributed by atoms with Crippen LogP contribution in [-0.4, -0.2) is 30.6 Å². The van der Waals surface area contributed by atoms with Gasteiger partial charge in [-0.1, -0.05) is 6.92 Å². The number of rotatable bonds is 5. The smallest absolute Gasteiger partial charge is 0.308 e. The van der Waals surface area contributed by atoms with E-state index in [9.17, 15) is 9.59 Å². The Morgan fingerprint density at radius 1 is 1.62 bits per heavy atom. The van der Waals surface area contributed by atoms with Crippen molar-refractivity contribution < 1.29 is 19.4 Å². The molecule has 16 heavy (non-hydrogen) atoms. The third-order valence-electron chi connectivity index (χ3n) is 2.05. The monoisotopic (exact) mass is 243 g/mol. The van der Waals surface area contributed by atoms with Crippen molar-refractivity contribution in [2.24, 2.45) is 5.92 Å². The maximum absolute atomic E-state index is 11.6. The number of amides is 1. The molecule has 0 aliphatic carbocycles. The first-order valence-corrected chi connectivity index (χ1v) is 5.56. The summed E-state index contributed by atoms with van der Waals surface area (Å²) in [5.74, 6) is -1.33. The molecule has 0 aromatic carbocycles. The molecule has 1 atom stereocenters. The van der Waals surface area contributed by atoms with Crippen LogP contribution in [0.2, 0.25) is 0 Å². The molecule has 1 unspecified atom stereocenters. The second-order valence-corrected chi connectivity index (χ2v) is 4.18. The summed E-state index contributed by atoms with van der Waals surface area (Å²) in [6.07, 6.45) is 0. The van der Waals surface area contributed by atoms with Gasteiger partial charge < -0.3 is 15.2 Å². The average Bonchev–Trinajstić information content (AvgIpc) is 2.73. The molecule has 88 valence electrons. The summed E-state index contributed by atoms with van der Waals surface area (Å²) >= 11 is 1.26. The molecule has 0 aliphatic rings. The highest BCUT2D eigenvalue weighted by atomic mass is 32.1. The van der Waals surface area contributed by atoms with Crippen LogP contribution in [0.25, 0.3) is 0 Å². The van der Waals surface area contributed by atoms with Gasteiger partial charge >= 0.3 is 5.97 Å². The van der Waals surface area contributed by atoms with Gasteiger partial charge in [-0.3, -0.25) is 9.59 Å². The second kappa shape index (κ2) is 5.50. The van der Waals surface area contributed by atoms with Gasteiger partial charge in [-0.2, -0.15) is 0 Å². The molecule has 1 amide bonds. The molecule has 1 rings (SSSR count). The number of ether oxygens (including phenoxy) is 1. The van der Waals surface area contributed by atoms with Crippen molar-refractivity contribution in [1.29, 1.82) is 0 Å². The molecule has 2 N–H and O–H groups in total. The van der Waals surface area contributed by atoms with E-state index in [0.29, 0.717) is 10.6 Å². The van der Waals surface area contributed by atoms with Gasteiger partial charge in [0.1, 0.15) is 10.6 Å². The lowest BCUT2D eigenvalue weighted by molar-refractivity contribution is -0.140. The molecule has 1 heterocycles. The molecule has 0 aliphatic heterocycles. The first-order chi connectivity index (χ1) is 7.56. The molecule has 0 saturated heterocycles. The number of methoxy groups -OCH3 is 1. The van der Waals surface area contributed by atoms with Crippen LogP contribution in [-0.2, 0) is 4.79 Å². The maximum atomic E-state index is 11.6. The molecule has 6 heteroatoms. The van der Waals surface area contributed by atoms with E-state index >= 15 is 0 Å². The van der Waals surface area contributed by atoms with Gasteiger partial charge in [0.2, 0.25) is 0 Å². The van der Waals surface area contributed by atoms with Crippen molar-refractivity contribution in [1.82, 2.24) is 5.32 Å². The zero-order valence-electron chi connectivity index (χ0n) is 9.02. The van der Waals surface area contributed by atoms with E-state index in [0.717, 1.165) is 0 Å². The van der Waals surface area contributed by atoms with Crippen molar-refractivity contribution >= 4 is 23.2 Å². The lowest BCUT2D eigenvalue weighted by atomic mass is 10.2. The third kappa shape index (κ3) is 2.96. The molecule has 0 saturated carbocycles. The van der Waals surface area contributed by atoms with Crippen LogP contribution in [0.1, 0.15) is 16.6 Å². The number of carboxylic acid groups (broad SMARTS) is 1. The summed E-state index contributed by atoms with van der Waals surface area (Å²) in [6.45, 7) is 1.64. The Balaban J connectivity index is 2.56. The second-order valence-electron chi connectivity index (χ2n) is 3.27. The first kappa shape index (κ1) is 12.5. The molecule has 1 aromatic rings. The van der Waals surface area contributed by atoms with Gasteiger partial charge in [0.05, 0.1) is 13.0 Å². The Bertz CT molecular complexity index is 388. The summed E-state index contributed by atoms with van der Waals surface area (Å²) in [7, 11) is 1.48. The molecule has 0 fully saturated rings. The lowest BCUT2D eigenvalue weighted by Gasteiger charge is -2.08. The Morgan fingerprint density at radius 3 is 2.88 bits per heavy atom. The van der Waals surface area contributed by atoms with E-state index in [1.54, 1.807) is 11.4 Å². The molecule has 0 bridgehead atoms. The molecule has 0 spiro atoms. The number of hydrogen-bond donors (Lipinski definition) is 2. The number of aliphatic carboxylic acids is 1. The van der Waals surface area contributed by atoms with Gasteiger partial charge in [0.15, 0.2) is 0 Å². The van der Waals surface area contributed by atoms with Crippen molar-refractivity contribution in [3.8, 4) is 5.75 Å². The molecular weight excluding hydrogens is 230 g/mol. The Morgan fingerprint density at radius 2 is 2.31 bits per heavy atom. The normalized spacial score (nSPS) is 11.9. The average molecular weight is 243 g/mol. The maximum Gasteiger partial charge on any atom is 0.308 e. The number of carboxylic acids is 1. The minimum absolute atomic E-state index is 0.106. The summed E-state index contributed by atoms with van der Waals surface area (Å²) in [4.78, 5) is 22.6.